The van der Waals surface area contributed by atoms with Crippen LogP contribution in [0.3, 0.4) is 0 Å². The van der Waals surface area contributed by atoms with Gasteiger partial charge in [0.1, 0.15) is 5.71 Å². The van der Waals surface area contributed by atoms with Gasteiger partial charge in [0.05, 0.1) is 21.3 Å². The molecule has 1 rings (SSSR count). The molecule has 1 amide bonds. The summed E-state index contributed by atoms with van der Waals surface area (Å²) >= 11 is 1.60. The number of benzene rings is 1. The number of hydrogen-bond donors (Lipinski definition) is 1. The molecule has 0 bridgehead atoms. The summed E-state index contributed by atoms with van der Waals surface area (Å²) in [7, 11) is 4.31. The van der Waals surface area contributed by atoms with Gasteiger partial charge in [-0.1, -0.05) is 0 Å². The molecule has 0 aliphatic heterocycles. The molecular weight excluding hydrogens is 334 g/mol. The van der Waals surface area contributed by atoms with E-state index in [-0.39, 0.29) is 17.7 Å². The van der Waals surface area contributed by atoms with Gasteiger partial charge in [0, 0.05) is 5.56 Å². The highest BCUT2D eigenvalue weighted by molar-refractivity contribution is 7.98. The summed E-state index contributed by atoms with van der Waals surface area (Å²) in [5.41, 5.74) is -0.00378. The molecule has 1 aromatic rings. The largest absolute Gasteiger partial charge is 0.493 e. The van der Waals surface area contributed by atoms with E-state index in [9.17, 15) is 14.7 Å². The van der Waals surface area contributed by atoms with Gasteiger partial charge in [0.25, 0.3) is 5.91 Å². The molecule has 0 saturated carbocycles. The van der Waals surface area contributed by atoms with E-state index in [0.29, 0.717) is 23.7 Å². The fraction of sp³-hybridized carbons (Fsp3) is 0.438. The second-order valence-electron chi connectivity index (χ2n) is 4.68. The van der Waals surface area contributed by atoms with E-state index in [2.05, 4.69) is 4.99 Å². The third-order valence-corrected chi connectivity index (χ3v) is 3.85. The van der Waals surface area contributed by atoms with Gasteiger partial charge >= 0.3 is 5.97 Å². The number of aliphatic imine (C=N–C) groups is 1. The van der Waals surface area contributed by atoms with Crippen molar-refractivity contribution >= 4 is 29.4 Å². The van der Waals surface area contributed by atoms with Gasteiger partial charge in [-0.3, -0.25) is 4.79 Å². The smallest absolute Gasteiger partial charge is 0.350 e. The Bertz CT molecular complexity index is 604. The lowest BCUT2D eigenvalue weighted by molar-refractivity contribution is -0.129. The minimum absolute atomic E-state index is 0.160. The molecule has 0 aromatic heterocycles. The van der Waals surface area contributed by atoms with Gasteiger partial charge in [0.15, 0.2) is 11.5 Å². The second kappa shape index (κ2) is 9.82. The highest BCUT2D eigenvalue weighted by atomic mass is 32.2. The molecule has 1 aromatic carbocycles. The number of hydrogen-bond acceptors (Lipinski definition) is 6. The van der Waals surface area contributed by atoms with Crippen molar-refractivity contribution in [2.75, 3.05) is 33.3 Å². The molecule has 0 fully saturated rings. The van der Waals surface area contributed by atoms with Crippen LogP contribution in [0.4, 0.5) is 0 Å². The summed E-state index contributed by atoms with van der Waals surface area (Å²) in [6.45, 7) is 0. The Morgan fingerprint density at radius 2 is 1.71 bits per heavy atom. The number of rotatable bonds is 9. The van der Waals surface area contributed by atoms with Crippen LogP contribution >= 0.6 is 11.8 Å². The number of carbonyl (C=O) groups is 2. The zero-order chi connectivity index (χ0) is 18.1. The predicted octanol–water partition coefficient (Wildman–Crippen LogP) is 2.52. The van der Waals surface area contributed by atoms with E-state index in [4.69, 9.17) is 14.2 Å². The number of methoxy groups -OCH3 is 3. The van der Waals surface area contributed by atoms with Crippen LogP contribution in [0.5, 0.6) is 17.2 Å². The van der Waals surface area contributed by atoms with Crippen molar-refractivity contribution in [1.82, 2.24) is 0 Å². The highest BCUT2D eigenvalue weighted by Crippen LogP contribution is 2.38. The number of ether oxygens (including phenoxy) is 3. The van der Waals surface area contributed by atoms with Gasteiger partial charge < -0.3 is 19.3 Å². The Labute approximate surface area is 145 Å². The summed E-state index contributed by atoms with van der Waals surface area (Å²) in [6, 6.07) is 2.88. The van der Waals surface area contributed by atoms with Crippen molar-refractivity contribution in [3.05, 3.63) is 17.7 Å². The van der Waals surface area contributed by atoms with Crippen molar-refractivity contribution in [3.63, 3.8) is 0 Å². The number of carboxylic acids is 1. The first-order valence-electron chi connectivity index (χ1n) is 7.12. The lowest BCUT2D eigenvalue weighted by atomic mass is 10.1. The number of thioether (sulfide) groups is 1. The number of nitrogens with zero attached hydrogens (tertiary/aromatic N) is 1. The predicted molar refractivity (Wildman–Crippen MR) is 93.1 cm³/mol. The molecular formula is C16H21NO6S. The van der Waals surface area contributed by atoms with Crippen molar-refractivity contribution in [3.8, 4) is 17.2 Å². The zero-order valence-electron chi connectivity index (χ0n) is 14.1. The SMILES string of the molecule is COc1cc(C(=O)/N=C(/CCCSC)C(=O)O)cc(OC)c1OC. The molecule has 1 N–H and O–H groups in total. The van der Waals surface area contributed by atoms with Crippen LogP contribution in [-0.4, -0.2) is 56.0 Å². The van der Waals surface area contributed by atoms with E-state index in [1.165, 1.54) is 33.5 Å². The summed E-state index contributed by atoms with van der Waals surface area (Å²) in [6.07, 6.45) is 2.79. The van der Waals surface area contributed by atoms with E-state index in [1.807, 2.05) is 6.26 Å². The minimum Gasteiger partial charge on any atom is -0.493 e. The lowest BCUT2D eigenvalue weighted by Gasteiger charge is -2.13. The van der Waals surface area contributed by atoms with Crippen molar-refractivity contribution in [1.29, 1.82) is 0 Å². The molecule has 0 radical (unpaired) electrons. The fourth-order valence-electron chi connectivity index (χ4n) is 1.99. The molecule has 0 aliphatic rings. The molecule has 0 unspecified atom stereocenters. The molecule has 0 aliphatic carbocycles. The van der Waals surface area contributed by atoms with Crippen LogP contribution in [0.1, 0.15) is 23.2 Å². The maximum atomic E-state index is 12.3. The van der Waals surface area contributed by atoms with Crippen LogP contribution in [0.15, 0.2) is 17.1 Å². The number of aliphatic carboxylic acids is 1. The number of carboxylic acid groups (broad SMARTS) is 1. The topological polar surface area (TPSA) is 94.4 Å². The Morgan fingerprint density at radius 3 is 2.12 bits per heavy atom. The molecule has 0 spiro atoms. The molecule has 132 valence electrons. The maximum Gasteiger partial charge on any atom is 0.350 e. The van der Waals surface area contributed by atoms with Crippen molar-refractivity contribution in [2.24, 2.45) is 4.99 Å². The Balaban J connectivity index is 3.16. The average Bonchev–Trinajstić information content (AvgIpc) is 2.59. The Kier molecular flexibility index (Phi) is 8.11. The highest BCUT2D eigenvalue weighted by Gasteiger charge is 2.18. The van der Waals surface area contributed by atoms with Gasteiger partial charge in [-0.2, -0.15) is 11.8 Å². The monoisotopic (exact) mass is 355 g/mol. The second-order valence-corrected chi connectivity index (χ2v) is 5.66. The average molecular weight is 355 g/mol. The molecule has 0 saturated heterocycles. The van der Waals surface area contributed by atoms with Gasteiger partial charge in [-0.05, 0) is 37.0 Å². The van der Waals surface area contributed by atoms with Gasteiger partial charge in [-0.15, -0.1) is 0 Å². The standard InChI is InChI=1S/C16H21NO6S/c1-21-12-8-10(9-13(22-2)14(12)23-3)15(18)17-11(16(19)20)6-5-7-24-4/h8-9H,5-7H2,1-4H3,(H,19,20)/b17-11-. The summed E-state index contributed by atoms with van der Waals surface area (Å²) in [5, 5.41) is 9.19. The molecule has 0 atom stereocenters. The van der Waals surface area contributed by atoms with Crippen LogP contribution < -0.4 is 14.2 Å². The van der Waals surface area contributed by atoms with Gasteiger partial charge in [-0.25, -0.2) is 9.79 Å². The van der Waals surface area contributed by atoms with Crippen molar-refractivity contribution in [2.45, 2.75) is 12.8 Å². The number of carbonyl (C=O) groups excluding carboxylic acids is 1. The first-order chi connectivity index (χ1) is 11.5. The van der Waals surface area contributed by atoms with Crippen LogP contribution in [0.25, 0.3) is 0 Å². The van der Waals surface area contributed by atoms with E-state index >= 15 is 0 Å². The number of amides is 1. The van der Waals surface area contributed by atoms with Crippen LogP contribution in [0.2, 0.25) is 0 Å². The van der Waals surface area contributed by atoms with Crippen LogP contribution in [0, 0.1) is 0 Å². The molecule has 24 heavy (non-hydrogen) atoms. The zero-order valence-corrected chi connectivity index (χ0v) is 14.9. The summed E-state index contributed by atoms with van der Waals surface area (Å²) < 4.78 is 15.5. The van der Waals surface area contributed by atoms with Crippen LogP contribution in [-0.2, 0) is 4.79 Å². The fourth-order valence-corrected chi connectivity index (χ4v) is 2.42. The Hall–Kier alpha value is -2.22. The molecule has 8 heteroatoms. The maximum absolute atomic E-state index is 12.3. The van der Waals surface area contributed by atoms with E-state index in [1.54, 1.807) is 11.8 Å². The normalized spacial score (nSPS) is 11.1. The molecule has 7 nitrogen and oxygen atoms in total. The lowest BCUT2D eigenvalue weighted by Crippen LogP contribution is -2.16. The summed E-state index contributed by atoms with van der Waals surface area (Å²) in [4.78, 5) is 27.3. The van der Waals surface area contributed by atoms with E-state index < -0.39 is 11.9 Å². The quantitative estimate of drug-likeness (QED) is 0.537. The minimum atomic E-state index is -1.20. The van der Waals surface area contributed by atoms with E-state index in [0.717, 1.165) is 5.75 Å². The molecule has 0 heterocycles. The van der Waals surface area contributed by atoms with Gasteiger partial charge in [0.2, 0.25) is 5.75 Å². The Morgan fingerprint density at radius 1 is 1.12 bits per heavy atom. The first kappa shape index (κ1) is 19.8. The van der Waals surface area contributed by atoms with Crippen molar-refractivity contribution < 1.29 is 28.9 Å². The third kappa shape index (κ3) is 5.16. The first-order valence-corrected chi connectivity index (χ1v) is 8.52. The third-order valence-electron chi connectivity index (χ3n) is 3.16. The summed E-state index contributed by atoms with van der Waals surface area (Å²) in [5.74, 6) is -0.124.